The van der Waals surface area contributed by atoms with Crippen LogP contribution in [-0.2, 0) is 9.53 Å². The van der Waals surface area contributed by atoms with Gasteiger partial charge in [0.25, 0.3) is 0 Å². The van der Waals surface area contributed by atoms with Crippen LogP contribution in [0.5, 0.6) is 0 Å². The second-order valence-corrected chi connectivity index (χ2v) is 9.92. The molecule has 0 radical (unpaired) electrons. The summed E-state index contributed by atoms with van der Waals surface area (Å²) in [5, 5.41) is 20.1. The minimum Gasteiger partial charge on any atom is -0.390 e. The van der Waals surface area contributed by atoms with Crippen molar-refractivity contribution in [1.82, 2.24) is 0 Å². The zero-order chi connectivity index (χ0) is 19.8. The van der Waals surface area contributed by atoms with Crippen LogP contribution in [0.1, 0.15) is 79.1 Å². The Labute approximate surface area is 164 Å². The number of ether oxygens (including phenoxy) is 1. The first-order valence-corrected chi connectivity index (χ1v) is 11.0. The van der Waals surface area contributed by atoms with E-state index in [1.165, 1.54) is 0 Å². The number of aliphatic hydroxyl groups is 1. The number of hydrogen-bond acceptors (Lipinski definition) is 4. The average Bonchev–Trinajstić information content (AvgIpc) is 2.96. The van der Waals surface area contributed by atoms with Crippen LogP contribution >= 0.6 is 0 Å². The molecule has 0 spiro atoms. The van der Waals surface area contributed by atoms with Gasteiger partial charge in [0.05, 0.1) is 24.2 Å². The number of rotatable bonds is 5. The topological polar surface area (TPSA) is 70.3 Å². The fourth-order valence-electron chi connectivity index (χ4n) is 6.68. The lowest BCUT2D eigenvalue weighted by atomic mass is 9.51. The molecule has 27 heavy (non-hydrogen) atoms. The van der Waals surface area contributed by atoms with Crippen LogP contribution in [0.3, 0.4) is 0 Å². The summed E-state index contributed by atoms with van der Waals surface area (Å²) in [4.78, 5) is 13.4. The van der Waals surface area contributed by atoms with E-state index in [0.29, 0.717) is 30.6 Å². The Morgan fingerprint density at radius 1 is 1.22 bits per heavy atom. The Hall–Kier alpha value is -0.920. The van der Waals surface area contributed by atoms with E-state index in [0.717, 1.165) is 44.9 Å². The van der Waals surface area contributed by atoms with Crippen LogP contribution in [0, 0.1) is 45.8 Å². The van der Waals surface area contributed by atoms with Gasteiger partial charge in [0.2, 0.25) is 0 Å². The van der Waals surface area contributed by atoms with Crippen molar-refractivity contribution < 1.29 is 14.6 Å². The summed E-state index contributed by atoms with van der Waals surface area (Å²) in [6.45, 7) is 9.38. The number of carbonyl (C=O) groups excluding carboxylic acids is 1. The molecule has 3 aliphatic carbocycles. The highest BCUT2D eigenvalue weighted by molar-refractivity contribution is 5.83. The van der Waals surface area contributed by atoms with Gasteiger partial charge in [0.15, 0.2) is 0 Å². The van der Waals surface area contributed by atoms with E-state index < -0.39 is 6.10 Å². The number of ketones is 1. The van der Waals surface area contributed by atoms with Crippen molar-refractivity contribution in [1.29, 1.82) is 5.26 Å². The minimum absolute atomic E-state index is 0.0241. The van der Waals surface area contributed by atoms with Crippen molar-refractivity contribution in [2.24, 2.45) is 34.5 Å². The highest BCUT2D eigenvalue weighted by Gasteiger charge is 2.58. The number of nitrogens with zero attached hydrogens (tertiary/aromatic N) is 1. The van der Waals surface area contributed by atoms with Gasteiger partial charge in [-0.25, -0.2) is 0 Å². The van der Waals surface area contributed by atoms with Crippen molar-refractivity contribution >= 4 is 5.78 Å². The number of carbonyl (C=O) groups is 1. The molecule has 0 amide bonds. The quantitative estimate of drug-likeness (QED) is 0.768. The maximum atomic E-state index is 13.4. The standard InChI is InChI=1S/C23H37NO3/c1-5-9-27-21-13-23(4,15(6-2)11-19(21)25)18-10-16-7-8-17(14-24)22(16,3)12-20(18)26/h15-19,21,25H,5-13H2,1-4H3. The second kappa shape index (κ2) is 7.84. The molecule has 0 aromatic carbocycles. The zero-order valence-electron chi connectivity index (χ0n) is 17.5. The Morgan fingerprint density at radius 3 is 2.59 bits per heavy atom. The molecule has 1 N–H and O–H groups in total. The molecule has 8 atom stereocenters. The molecule has 0 aromatic heterocycles. The van der Waals surface area contributed by atoms with Crippen LogP contribution in [0.15, 0.2) is 0 Å². The minimum atomic E-state index is -0.423. The number of fused-ring (bicyclic) bond motifs is 1. The average molecular weight is 376 g/mol. The van der Waals surface area contributed by atoms with Crippen molar-refractivity contribution in [2.45, 2.75) is 91.3 Å². The third-order valence-electron chi connectivity index (χ3n) is 8.51. The largest absolute Gasteiger partial charge is 0.390 e. The van der Waals surface area contributed by atoms with Gasteiger partial charge in [-0.3, -0.25) is 4.79 Å². The fourth-order valence-corrected chi connectivity index (χ4v) is 6.68. The van der Waals surface area contributed by atoms with Crippen LogP contribution in [0.4, 0.5) is 0 Å². The van der Waals surface area contributed by atoms with Crippen LogP contribution in [0.25, 0.3) is 0 Å². The number of hydrogen-bond donors (Lipinski definition) is 1. The smallest absolute Gasteiger partial charge is 0.137 e. The molecule has 8 unspecified atom stereocenters. The number of aliphatic hydroxyl groups excluding tert-OH is 1. The van der Waals surface area contributed by atoms with Crippen LogP contribution in [0.2, 0.25) is 0 Å². The first-order chi connectivity index (χ1) is 12.8. The van der Waals surface area contributed by atoms with Crippen molar-refractivity contribution in [3.05, 3.63) is 0 Å². The summed E-state index contributed by atoms with van der Waals surface area (Å²) in [5.74, 6) is 1.23. The molecule has 152 valence electrons. The van der Waals surface area contributed by atoms with Gasteiger partial charge in [-0.1, -0.05) is 34.1 Å². The number of nitriles is 1. The van der Waals surface area contributed by atoms with Crippen LogP contribution in [-0.4, -0.2) is 29.7 Å². The molecule has 3 saturated carbocycles. The highest BCUT2D eigenvalue weighted by atomic mass is 16.5. The summed E-state index contributed by atoms with van der Waals surface area (Å²) in [6, 6.07) is 2.48. The van der Waals surface area contributed by atoms with E-state index in [-0.39, 0.29) is 28.8 Å². The SMILES string of the molecule is CCCOC1CC(C)(C2CC3CCC(C#N)C3(C)CC2=O)C(CC)CC1O. The predicted octanol–water partition coefficient (Wildman–Crippen LogP) is 4.50. The van der Waals surface area contributed by atoms with E-state index in [4.69, 9.17) is 4.74 Å². The second-order valence-electron chi connectivity index (χ2n) is 9.92. The lowest BCUT2D eigenvalue weighted by molar-refractivity contribution is -0.156. The zero-order valence-corrected chi connectivity index (χ0v) is 17.5. The summed E-state index contributed by atoms with van der Waals surface area (Å²) < 4.78 is 6.00. The Morgan fingerprint density at radius 2 is 1.96 bits per heavy atom. The summed E-state index contributed by atoms with van der Waals surface area (Å²) in [5.41, 5.74) is -0.248. The molecular formula is C23H37NO3. The summed E-state index contributed by atoms with van der Waals surface area (Å²) >= 11 is 0. The van der Waals surface area contributed by atoms with E-state index in [9.17, 15) is 15.2 Å². The molecule has 0 aliphatic heterocycles. The molecule has 3 rings (SSSR count). The molecular weight excluding hydrogens is 338 g/mol. The molecule has 4 nitrogen and oxygen atoms in total. The first kappa shape index (κ1) is 20.8. The maximum absolute atomic E-state index is 13.4. The Balaban J connectivity index is 1.84. The lowest BCUT2D eigenvalue weighted by Gasteiger charge is -2.54. The number of Topliss-reactive ketones (excluding diaryl/α,β-unsaturated/α-hetero) is 1. The Bertz CT molecular complexity index is 599. The molecule has 0 saturated heterocycles. The third-order valence-corrected chi connectivity index (χ3v) is 8.51. The van der Waals surface area contributed by atoms with E-state index in [1.54, 1.807) is 0 Å². The molecule has 0 aromatic rings. The van der Waals surface area contributed by atoms with Crippen LogP contribution < -0.4 is 0 Å². The van der Waals surface area contributed by atoms with Gasteiger partial charge < -0.3 is 9.84 Å². The van der Waals surface area contributed by atoms with Gasteiger partial charge in [0, 0.05) is 18.9 Å². The third kappa shape index (κ3) is 3.47. The first-order valence-electron chi connectivity index (χ1n) is 11.0. The van der Waals surface area contributed by atoms with Gasteiger partial charge >= 0.3 is 0 Å². The predicted molar refractivity (Wildman–Crippen MR) is 105 cm³/mol. The molecule has 0 heterocycles. The normalized spacial score (nSPS) is 47.5. The molecule has 3 aliphatic rings. The van der Waals surface area contributed by atoms with E-state index in [1.807, 2.05) is 0 Å². The van der Waals surface area contributed by atoms with Crippen molar-refractivity contribution in [3.63, 3.8) is 0 Å². The lowest BCUT2D eigenvalue weighted by Crippen LogP contribution is -2.54. The summed E-state index contributed by atoms with van der Waals surface area (Å²) in [6.07, 6.45) is 6.32. The summed E-state index contributed by atoms with van der Waals surface area (Å²) in [7, 11) is 0. The van der Waals surface area contributed by atoms with Gasteiger partial charge in [-0.2, -0.15) is 5.26 Å². The highest BCUT2D eigenvalue weighted by Crippen LogP contribution is 2.60. The van der Waals surface area contributed by atoms with Gasteiger partial charge in [0.1, 0.15) is 5.78 Å². The van der Waals surface area contributed by atoms with E-state index >= 15 is 0 Å². The molecule has 0 bridgehead atoms. The maximum Gasteiger partial charge on any atom is 0.137 e. The van der Waals surface area contributed by atoms with Crippen molar-refractivity contribution in [2.75, 3.05) is 6.61 Å². The molecule has 4 heteroatoms. The fraction of sp³-hybridized carbons (Fsp3) is 0.913. The van der Waals surface area contributed by atoms with Gasteiger partial charge in [-0.15, -0.1) is 0 Å². The van der Waals surface area contributed by atoms with Gasteiger partial charge in [-0.05, 0) is 61.2 Å². The monoisotopic (exact) mass is 375 g/mol. The Kier molecular flexibility index (Phi) is 6.04. The van der Waals surface area contributed by atoms with Crippen molar-refractivity contribution in [3.8, 4) is 6.07 Å². The van der Waals surface area contributed by atoms with E-state index in [2.05, 4.69) is 33.8 Å². The molecule has 3 fully saturated rings.